The van der Waals surface area contributed by atoms with Crippen molar-refractivity contribution in [3.05, 3.63) is 129 Å². The van der Waals surface area contributed by atoms with E-state index in [9.17, 15) is 19.2 Å². The van der Waals surface area contributed by atoms with Gasteiger partial charge in [0.25, 0.3) is 5.91 Å². The van der Waals surface area contributed by atoms with E-state index >= 15 is 0 Å². The van der Waals surface area contributed by atoms with Gasteiger partial charge in [-0.1, -0.05) is 70.0 Å². The van der Waals surface area contributed by atoms with Crippen molar-refractivity contribution < 1.29 is 23.9 Å². The molecule has 0 heterocycles. The number of hydrogen-bond donors (Lipinski definition) is 3. The van der Waals surface area contributed by atoms with Gasteiger partial charge in [-0.3, -0.25) is 14.4 Å². The van der Waals surface area contributed by atoms with E-state index in [1.807, 2.05) is 30.3 Å². The first-order valence-corrected chi connectivity index (χ1v) is 13.5. The van der Waals surface area contributed by atoms with Crippen molar-refractivity contribution in [2.75, 3.05) is 10.6 Å². The Morgan fingerprint density at radius 2 is 1.52 bits per heavy atom. The zero-order chi connectivity index (χ0) is 29.9. The summed E-state index contributed by atoms with van der Waals surface area (Å²) in [6, 6.07) is 26.8. The van der Waals surface area contributed by atoms with Crippen molar-refractivity contribution in [1.82, 2.24) is 5.43 Å². The van der Waals surface area contributed by atoms with Crippen LogP contribution in [0.3, 0.4) is 0 Å². The molecule has 4 aromatic carbocycles. The molecule has 0 atom stereocenters. The van der Waals surface area contributed by atoms with Crippen molar-refractivity contribution in [3.63, 3.8) is 0 Å². The molecular formula is C31H22BrClN4O5. The molecule has 0 radical (unpaired) electrons. The number of hydrazone groups is 1. The van der Waals surface area contributed by atoms with Gasteiger partial charge in [-0.2, -0.15) is 5.10 Å². The van der Waals surface area contributed by atoms with Gasteiger partial charge < -0.3 is 15.4 Å². The topological polar surface area (TPSA) is 126 Å². The SMILES string of the molecule is O=C(/C=C/c1ccccc1)Oc1ccc(Br)cc1/C=N/NC(=O)C(=O)Nc1ccccc1C(=O)Nc1ccc(Cl)cc1. The van der Waals surface area contributed by atoms with E-state index in [1.165, 1.54) is 24.4 Å². The van der Waals surface area contributed by atoms with Crippen LogP contribution < -0.4 is 20.8 Å². The fourth-order valence-electron chi connectivity index (χ4n) is 3.50. The molecule has 0 aliphatic carbocycles. The quantitative estimate of drug-likeness (QED) is 0.0536. The average molecular weight is 646 g/mol. The molecule has 0 bridgehead atoms. The summed E-state index contributed by atoms with van der Waals surface area (Å²) < 4.78 is 6.08. The van der Waals surface area contributed by atoms with Gasteiger partial charge in [0.1, 0.15) is 5.75 Å². The van der Waals surface area contributed by atoms with Crippen LogP contribution in [-0.2, 0) is 14.4 Å². The molecule has 9 nitrogen and oxygen atoms in total. The molecule has 210 valence electrons. The Labute approximate surface area is 254 Å². The van der Waals surface area contributed by atoms with Crippen molar-refractivity contribution in [1.29, 1.82) is 0 Å². The molecule has 0 saturated heterocycles. The molecule has 0 aliphatic heterocycles. The summed E-state index contributed by atoms with van der Waals surface area (Å²) in [6.07, 6.45) is 4.14. The Morgan fingerprint density at radius 1 is 0.810 bits per heavy atom. The second-order valence-corrected chi connectivity index (χ2v) is 9.86. The third-order valence-electron chi connectivity index (χ3n) is 5.49. The Balaban J connectivity index is 1.38. The number of para-hydroxylation sites is 1. The van der Waals surface area contributed by atoms with Gasteiger partial charge in [-0.15, -0.1) is 0 Å². The summed E-state index contributed by atoms with van der Waals surface area (Å²) in [5, 5.41) is 9.46. The molecular weight excluding hydrogens is 624 g/mol. The lowest BCUT2D eigenvalue weighted by Crippen LogP contribution is -2.33. The average Bonchev–Trinajstić information content (AvgIpc) is 2.99. The van der Waals surface area contributed by atoms with Crippen LogP contribution in [0, 0.1) is 0 Å². The number of anilines is 2. The van der Waals surface area contributed by atoms with E-state index in [2.05, 4.69) is 37.1 Å². The van der Waals surface area contributed by atoms with Gasteiger partial charge >= 0.3 is 17.8 Å². The largest absolute Gasteiger partial charge is 0.423 e. The molecule has 4 aromatic rings. The highest BCUT2D eigenvalue weighted by atomic mass is 79.9. The first kappa shape index (κ1) is 29.9. The van der Waals surface area contributed by atoms with Gasteiger partial charge in [-0.05, 0) is 66.2 Å². The van der Waals surface area contributed by atoms with Gasteiger partial charge in [0.15, 0.2) is 0 Å². The molecule has 0 unspecified atom stereocenters. The number of carbonyl (C=O) groups excluding carboxylic acids is 4. The van der Waals surface area contributed by atoms with Crippen LogP contribution in [-0.4, -0.2) is 29.9 Å². The Morgan fingerprint density at radius 3 is 2.29 bits per heavy atom. The lowest BCUT2D eigenvalue weighted by atomic mass is 10.1. The van der Waals surface area contributed by atoms with Crippen LogP contribution in [0.2, 0.25) is 5.02 Å². The fraction of sp³-hybridized carbons (Fsp3) is 0. The Hall–Kier alpha value is -5.06. The highest BCUT2D eigenvalue weighted by molar-refractivity contribution is 9.10. The summed E-state index contributed by atoms with van der Waals surface area (Å²) in [5.74, 6) is -3.06. The number of ether oxygens (including phenoxy) is 1. The normalized spacial score (nSPS) is 10.8. The first-order chi connectivity index (χ1) is 20.3. The number of rotatable bonds is 8. The fourth-order valence-corrected chi connectivity index (χ4v) is 4.00. The minimum absolute atomic E-state index is 0.123. The number of nitrogens with one attached hydrogen (secondary N) is 3. The van der Waals surface area contributed by atoms with Crippen molar-refractivity contribution in [2.24, 2.45) is 5.10 Å². The predicted molar refractivity (Wildman–Crippen MR) is 165 cm³/mol. The van der Waals surface area contributed by atoms with Gasteiger partial charge in [-0.25, -0.2) is 10.2 Å². The second kappa shape index (κ2) is 14.5. The second-order valence-electron chi connectivity index (χ2n) is 8.51. The third kappa shape index (κ3) is 8.72. The van der Waals surface area contributed by atoms with Gasteiger partial charge in [0, 0.05) is 26.8 Å². The number of nitrogens with zero attached hydrogens (tertiary/aromatic N) is 1. The molecule has 42 heavy (non-hydrogen) atoms. The first-order valence-electron chi connectivity index (χ1n) is 12.3. The number of esters is 1. The lowest BCUT2D eigenvalue weighted by Gasteiger charge is -2.11. The molecule has 0 spiro atoms. The highest BCUT2D eigenvalue weighted by Gasteiger charge is 2.18. The summed E-state index contributed by atoms with van der Waals surface area (Å²) in [4.78, 5) is 50.1. The minimum Gasteiger partial charge on any atom is -0.423 e. The van der Waals surface area contributed by atoms with E-state index in [-0.39, 0.29) is 17.0 Å². The minimum atomic E-state index is -1.08. The smallest absolute Gasteiger partial charge is 0.336 e. The van der Waals surface area contributed by atoms with E-state index in [1.54, 1.807) is 60.7 Å². The van der Waals surface area contributed by atoms with Crippen molar-refractivity contribution in [2.45, 2.75) is 0 Å². The predicted octanol–water partition coefficient (Wildman–Crippen LogP) is 6.06. The number of amides is 3. The van der Waals surface area contributed by atoms with E-state index in [4.69, 9.17) is 16.3 Å². The maximum Gasteiger partial charge on any atom is 0.336 e. The molecule has 0 saturated carbocycles. The van der Waals surface area contributed by atoms with Crippen molar-refractivity contribution >= 4 is 74.9 Å². The van der Waals surface area contributed by atoms with Crippen LogP contribution in [0.25, 0.3) is 6.08 Å². The standard InChI is InChI=1S/C31H22BrClN4O5/c32-22-11-16-27(42-28(38)17-10-20-6-2-1-3-7-20)21(18-22)19-34-37-31(41)30(40)36-26-9-5-4-8-25(26)29(39)35-24-14-12-23(33)13-15-24/h1-19H,(H,35,39)(H,36,40)(H,37,41)/b17-10+,34-19+. The van der Waals surface area contributed by atoms with Crippen LogP contribution in [0.4, 0.5) is 11.4 Å². The van der Waals surface area contributed by atoms with Crippen LogP contribution >= 0.6 is 27.5 Å². The monoisotopic (exact) mass is 644 g/mol. The Bertz CT molecular complexity index is 1670. The molecule has 0 aliphatic rings. The van der Waals surface area contributed by atoms with E-state index < -0.39 is 23.7 Å². The van der Waals surface area contributed by atoms with Gasteiger partial charge in [0.2, 0.25) is 0 Å². The molecule has 4 rings (SSSR count). The van der Waals surface area contributed by atoms with Crippen LogP contribution in [0.5, 0.6) is 5.75 Å². The molecule has 11 heteroatoms. The van der Waals surface area contributed by atoms with E-state index in [0.717, 1.165) is 5.56 Å². The van der Waals surface area contributed by atoms with Crippen LogP contribution in [0.15, 0.2) is 113 Å². The summed E-state index contributed by atoms with van der Waals surface area (Å²) in [6.45, 7) is 0. The Kier molecular flexibility index (Phi) is 10.4. The molecule has 0 aromatic heterocycles. The van der Waals surface area contributed by atoms with Crippen molar-refractivity contribution in [3.8, 4) is 5.75 Å². The number of hydrogen-bond acceptors (Lipinski definition) is 6. The molecule has 3 amide bonds. The number of benzene rings is 4. The highest BCUT2D eigenvalue weighted by Crippen LogP contribution is 2.22. The van der Waals surface area contributed by atoms with E-state index in [0.29, 0.717) is 20.7 Å². The van der Waals surface area contributed by atoms with Crippen LogP contribution in [0.1, 0.15) is 21.5 Å². The lowest BCUT2D eigenvalue weighted by molar-refractivity contribution is -0.136. The maximum absolute atomic E-state index is 12.8. The third-order valence-corrected chi connectivity index (χ3v) is 6.24. The summed E-state index contributed by atoms with van der Waals surface area (Å²) in [5.41, 5.74) is 4.08. The zero-order valence-electron chi connectivity index (χ0n) is 21.7. The number of halogens is 2. The zero-order valence-corrected chi connectivity index (χ0v) is 24.1. The number of carbonyl (C=O) groups is 4. The van der Waals surface area contributed by atoms with Gasteiger partial charge in [0.05, 0.1) is 17.5 Å². The molecule has 0 fully saturated rings. The summed E-state index contributed by atoms with van der Waals surface area (Å²) >= 11 is 9.22. The summed E-state index contributed by atoms with van der Waals surface area (Å²) in [7, 11) is 0. The maximum atomic E-state index is 12.8. The molecule has 3 N–H and O–H groups in total.